The monoisotopic (exact) mass is 438 g/mol. The summed E-state index contributed by atoms with van der Waals surface area (Å²) < 4.78 is 19.5. The third kappa shape index (κ3) is 7.99. The molecule has 1 fully saturated rings. The van der Waals surface area contributed by atoms with Crippen LogP contribution in [0.5, 0.6) is 0 Å². The number of rotatable bonds is 5. The number of halogens is 2. The van der Waals surface area contributed by atoms with Gasteiger partial charge < -0.3 is 10.1 Å². The van der Waals surface area contributed by atoms with Crippen LogP contribution >= 0.6 is 11.6 Å². The largest absolute Gasteiger partial charge is 0.385 e. The van der Waals surface area contributed by atoms with Crippen molar-refractivity contribution in [3.8, 4) is 0 Å². The van der Waals surface area contributed by atoms with Gasteiger partial charge >= 0.3 is 0 Å². The molecular weight excluding hydrogens is 407 g/mol. The van der Waals surface area contributed by atoms with E-state index in [4.69, 9.17) is 11.6 Å². The van der Waals surface area contributed by atoms with Crippen molar-refractivity contribution < 1.29 is 9.13 Å². The SMILES string of the molecule is CC.CCOC.O=c1c2cc(F)ccc2nc(CN2CCNCC2)n1/C=C/C=C/Cl. The molecule has 1 aromatic carbocycles. The first kappa shape index (κ1) is 26.0. The van der Waals surface area contributed by atoms with Crippen LogP contribution < -0.4 is 10.9 Å². The van der Waals surface area contributed by atoms with E-state index >= 15 is 0 Å². The van der Waals surface area contributed by atoms with Gasteiger partial charge in [0.05, 0.1) is 17.4 Å². The molecule has 0 radical (unpaired) electrons. The van der Waals surface area contributed by atoms with Crippen molar-refractivity contribution in [1.29, 1.82) is 0 Å². The Labute approximate surface area is 183 Å². The van der Waals surface area contributed by atoms with Crippen LogP contribution in [0.15, 0.2) is 40.7 Å². The number of nitrogens with zero attached hydrogens (tertiary/aromatic N) is 3. The van der Waals surface area contributed by atoms with Gasteiger partial charge in [0.1, 0.15) is 11.6 Å². The second-order valence-corrected chi connectivity index (χ2v) is 6.38. The van der Waals surface area contributed by atoms with Gasteiger partial charge in [0.2, 0.25) is 0 Å². The van der Waals surface area contributed by atoms with Gasteiger partial charge in [0, 0.05) is 51.6 Å². The first-order chi connectivity index (χ1) is 14.6. The number of ether oxygens (including phenoxy) is 1. The summed E-state index contributed by atoms with van der Waals surface area (Å²) in [6, 6.07) is 4.08. The standard InChI is InChI=1S/C17H18ClFN4O.C3H8O.C2H6/c18-5-1-2-8-23-16(12-22-9-6-20-7-10-22)21-15-4-3-13(19)11-14(15)17(23)24;1-3-4-2;1-2/h1-5,8,11,20H,6-7,9-10,12H2;3H2,1-2H3;1-2H3/b5-1+,8-2+;;. The van der Waals surface area contributed by atoms with Crippen molar-refractivity contribution >= 4 is 28.7 Å². The van der Waals surface area contributed by atoms with Crippen LogP contribution in [-0.2, 0) is 11.3 Å². The van der Waals surface area contributed by atoms with Crippen LogP contribution in [0.2, 0.25) is 0 Å². The van der Waals surface area contributed by atoms with Gasteiger partial charge in [-0.15, -0.1) is 0 Å². The Kier molecular flexibility index (Phi) is 12.9. The molecular formula is C22H32ClFN4O2. The highest BCUT2D eigenvalue weighted by atomic mass is 35.5. The number of methoxy groups -OCH3 is 1. The summed E-state index contributed by atoms with van der Waals surface area (Å²) in [5, 5.41) is 3.56. The zero-order valence-corrected chi connectivity index (χ0v) is 19.0. The number of aromatic nitrogens is 2. The van der Waals surface area contributed by atoms with Crippen molar-refractivity contribution in [2.75, 3.05) is 39.9 Å². The van der Waals surface area contributed by atoms with E-state index in [1.807, 2.05) is 20.8 Å². The average Bonchev–Trinajstić information content (AvgIpc) is 2.79. The Morgan fingerprint density at radius 2 is 1.93 bits per heavy atom. The Morgan fingerprint density at radius 3 is 2.53 bits per heavy atom. The number of nitrogens with one attached hydrogen (secondary N) is 1. The first-order valence-electron chi connectivity index (χ1n) is 10.2. The molecule has 30 heavy (non-hydrogen) atoms. The molecule has 1 aliphatic rings. The van der Waals surface area contributed by atoms with Gasteiger partial charge in [-0.1, -0.05) is 25.4 Å². The molecule has 0 spiro atoms. The van der Waals surface area contributed by atoms with E-state index in [-0.39, 0.29) is 10.9 Å². The lowest BCUT2D eigenvalue weighted by atomic mass is 10.2. The zero-order valence-electron chi connectivity index (χ0n) is 18.2. The van der Waals surface area contributed by atoms with Crippen LogP contribution in [0, 0.1) is 5.82 Å². The number of piperazine rings is 1. The maximum atomic E-state index is 13.5. The maximum Gasteiger partial charge on any atom is 0.265 e. The summed E-state index contributed by atoms with van der Waals surface area (Å²) in [5.74, 6) is 0.174. The summed E-state index contributed by atoms with van der Waals surface area (Å²) in [4.78, 5) is 19.6. The third-order valence-corrected chi connectivity index (χ3v) is 4.36. The van der Waals surface area contributed by atoms with Crippen LogP contribution in [0.4, 0.5) is 4.39 Å². The lowest BCUT2D eigenvalue weighted by Gasteiger charge is -2.27. The van der Waals surface area contributed by atoms with Crippen molar-refractivity contribution in [3.63, 3.8) is 0 Å². The van der Waals surface area contributed by atoms with E-state index in [1.54, 1.807) is 31.5 Å². The lowest BCUT2D eigenvalue weighted by Crippen LogP contribution is -2.43. The molecule has 2 aromatic rings. The number of fused-ring (bicyclic) bond motifs is 1. The summed E-state index contributed by atoms with van der Waals surface area (Å²) in [5.41, 5.74) is 1.57. The van der Waals surface area contributed by atoms with E-state index in [9.17, 15) is 9.18 Å². The summed E-state index contributed by atoms with van der Waals surface area (Å²) in [6.07, 6.45) is 4.87. The Hall–Kier alpha value is -2.06. The zero-order chi connectivity index (χ0) is 22.4. The highest BCUT2D eigenvalue weighted by Crippen LogP contribution is 2.12. The van der Waals surface area contributed by atoms with E-state index < -0.39 is 5.82 Å². The van der Waals surface area contributed by atoms with Crippen LogP contribution in [-0.4, -0.2) is 54.3 Å². The van der Waals surface area contributed by atoms with E-state index in [0.29, 0.717) is 17.9 Å². The van der Waals surface area contributed by atoms with E-state index in [1.165, 1.54) is 22.2 Å². The molecule has 1 saturated heterocycles. The number of hydrogen-bond acceptors (Lipinski definition) is 5. The molecule has 3 rings (SSSR count). The Morgan fingerprint density at radius 1 is 1.27 bits per heavy atom. The molecule has 8 heteroatoms. The van der Waals surface area contributed by atoms with Gasteiger partial charge in [-0.2, -0.15) is 0 Å². The second-order valence-electron chi connectivity index (χ2n) is 6.13. The van der Waals surface area contributed by atoms with Crippen LogP contribution in [0.3, 0.4) is 0 Å². The highest BCUT2D eigenvalue weighted by Gasteiger charge is 2.15. The smallest absolute Gasteiger partial charge is 0.265 e. The molecule has 0 amide bonds. The normalized spacial score (nSPS) is 14.5. The summed E-state index contributed by atoms with van der Waals surface area (Å²) >= 11 is 5.52. The quantitative estimate of drug-likeness (QED) is 0.718. The Bertz CT molecular complexity index is 875. The fourth-order valence-corrected chi connectivity index (χ4v) is 2.81. The van der Waals surface area contributed by atoms with Gasteiger partial charge in [-0.3, -0.25) is 14.3 Å². The molecule has 1 aromatic heterocycles. The molecule has 0 atom stereocenters. The van der Waals surface area contributed by atoms with Gasteiger partial charge in [-0.25, -0.2) is 9.37 Å². The topological polar surface area (TPSA) is 59.4 Å². The van der Waals surface area contributed by atoms with E-state index in [2.05, 4.69) is 19.9 Å². The predicted octanol–water partition coefficient (Wildman–Crippen LogP) is 3.84. The van der Waals surface area contributed by atoms with Gasteiger partial charge in [0.15, 0.2) is 0 Å². The third-order valence-electron chi connectivity index (χ3n) is 4.22. The van der Waals surface area contributed by atoms with Crippen molar-refractivity contribution in [3.05, 3.63) is 57.9 Å². The molecule has 0 saturated carbocycles. The fourth-order valence-electron chi connectivity index (χ4n) is 2.73. The van der Waals surface area contributed by atoms with Gasteiger partial charge in [0.25, 0.3) is 5.56 Å². The number of allylic oxidation sites excluding steroid dienone is 2. The molecule has 1 aliphatic heterocycles. The molecule has 2 heterocycles. The van der Waals surface area contributed by atoms with Crippen molar-refractivity contribution in [1.82, 2.24) is 19.8 Å². The lowest BCUT2D eigenvalue weighted by molar-refractivity contribution is 0.215. The average molecular weight is 439 g/mol. The molecule has 0 unspecified atom stereocenters. The minimum Gasteiger partial charge on any atom is -0.385 e. The number of hydrogen-bond donors (Lipinski definition) is 1. The second kappa shape index (κ2) is 14.8. The molecule has 0 bridgehead atoms. The van der Waals surface area contributed by atoms with E-state index in [0.717, 1.165) is 32.8 Å². The predicted molar refractivity (Wildman–Crippen MR) is 123 cm³/mol. The van der Waals surface area contributed by atoms with Crippen molar-refractivity contribution in [2.24, 2.45) is 0 Å². The minimum absolute atomic E-state index is 0.263. The summed E-state index contributed by atoms with van der Waals surface area (Å²) in [7, 11) is 1.68. The number of benzene rings is 1. The summed E-state index contributed by atoms with van der Waals surface area (Å²) in [6.45, 7) is 10.9. The highest BCUT2D eigenvalue weighted by molar-refractivity contribution is 6.25. The van der Waals surface area contributed by atoms with Gasteiger partial charge in [-0.05, 0) is 37.3 Å². The molecule has 0 aliphatic carbocycles. The minimum atomic E-state index is -0.451. The maximum absolute atomic E-state index is 13.5. The van der Waals surface area contributed by atoms with Crippen LogP contribution in [0.25, 0.3) is 17.1 Å². The molecule has 166 valence electrons. The van der Waals surface area contributed by atoms with Crippen molar-refractivity contribution in [2.45, 2.75) is 27.3 Å². The van der Waals surface area contributed by atoms with Crippen LogP contribution in [0.1, 0.15) is 26.6 Å². The molecule has 6 nitrogen and oxygen atoms in total. The molecule has 1 N–H and O–H groups in total. The first-order valence-corrected chi connectivity index (χ1v) is 10.6. The fraction of sp³-hybridized carbons (Fsp3) is 0.455. The Balaban J connectivity index is 0.000000673.